The van der Waals surface area contributed by atoms with E-state index in [2.05, 4.69) is 0 Å². The molecule has 3 rings (SSSR count). The van der Waals surface area contributed by atoms with Crippen molar-refractivity contribution in [3.8, 4) is 0 Å². The topological polar surface area (TPSA) is 79.8 Å². The monoisotopic (exact) mass is 299 g/mol. The fourth-order valence-corrected chi connectivity index (χ4v) is 2.48. The van der Waals surface area contributed by atoms with Crippen LogP contribution in [-0.4, -0.2) is 47.8 Å². The molecule has 2 aromatic rings. The van der Waals surface area contributed by atoms with E-state index in [1.165, 1.54) is 6.26 Å². The maximum absolute atomic E-state index is 12.4. The number of furan rings is 1. The van der Waals surface area contributed by atoms with Crippen molar-refractivity contribution >= 4 is 17.5 Å². The fourth-order valence-electron chi connectivity index (χ4n) is 2.48. The van der Waals surface area contributed by atoms with Crippen LogP contribution in [0.1, 0.15) is 20.9 Å². The minimum atomic E-state index is -0.135. The molecule has 1 fully saturated rings. The van der Waals surface area contributed by atoms with E-state index in [4.69, 9.17) is 10.2 Å². The van der Waals surface area contributed by atoms with Crippen LogP contribution < -0.4 is 5.73 Å². The Balaban J connectivity index is 1.60. The van der Waals surface area contributed by atoms with Crippen LogP contribution in [0.3, 0.4) is 0 Å². The number of anilines is 1. The van der Waals surface area contributed by atoms with Crippen molar-refractivity contribution in [2.45, 2.75) is 0 Å². The Morgan fingerprint density at radius 3 is 2.05 bits per heavy atom. The van der Waals surface area contributed by atoms with Gasteiger partial charge in [0.2, 0.25) is 0 Å². The molecule has 6 nitrogen and oxygen atoms in total. The van der Waals surface area contributed by atoms with Gasteiger partial charge in [0.15, 0.2) is 5.76 Å². The van der Waals surface area contributed by atoms with E-state index in [1.54, 1.807) is 46.2 Å². The van der Waals surface area contributed by atoms with Crippen LogP contribution in [0.15, 0.2) is 47.1 Å². The molecule has 0 atom stereocenters. The van der Waals surface area contributed by atoms with Gasteiger partial charge in [0, 0.05) is 37.4 Å². The Labute approximate surface area is 128 Å². The second-order valence-corrected chi connectivity index (χ2v) is 5.18. The summed E-state index contributed by atoms with van der Waals surface area (Å²) in [7, 11) is 0. The van der Waals surface area contributed by atoms with Crippen molar-refractivity contribution in [3.05, 3.63) is 54.0 Å². The zero-order chi connectivity index (χ0) is 15.5. The Bertz CT molecular complexity index is 656. The highest BCUT2D eigenvalue weighted by atomic mass is 16.3. The lowest BCUT2D eigenvalue weighted by atomic mass is 10.1. The average Bonchev–Trinajstić information content (AvgIpc) is 3.09. The number of nitrogens with zero attached hydrogens (tertiary/aromatic N) is 2. The van der Waals surface area contributed by atoms with Gasteiger partial charge in [-0.2, -0.15) is 0 Å². The standard InChI is InChI=1S/C16H17N3O3/c17-13-5-3-12(4-6-13)15(20)18-7-9-19(10-8-18)16(21)14-2-1-11-22-14/h1-6,11H,7-10,17H2. The highest BCUT2D eigenvalue weighted by Gasteiger charge is 2.26. The van der Waals surface area contributed by atoms with Gasteiger partial charge in [0.1, 0.15) is 0 Å². The number of amides is 2. The smallest absolute Gasteiger partial charge is 0.289 e. The van der Waals surface area contributed by atoms with E-state index in [0.717, 1.165) is 0 Å². The fraction of sp³-hybridized carbons (Fsp3) is 0.250. The molecule has 0 spiro atoms. The van der Waals surface area contributed by atoms with Gasteiger partial charge >= 0.3 is 0 Å². The van der Waals surface area contributed by atoms with Gasteiger partial charge in [-0.15, -0.1) is 0 Å². The quantitative estimate of drug-likeness (QED) is 0.851. The number of hydrogen-bond acceptors (Lipinski definition) is 4. The number of nitrogens with two attached hydrogens (primary N) is 1. The van der Waals surface area contributed by atoms with Crippen LogP contribution in [0, 0.1) is 0 Å². The van der Waals surface area contributed by atoms with Crippen LogP contribution in [0.2, 0.25) is 0 Å². The Morgan fingerprint density at radius 2 is 1.50 bits per heavy atom. The number of nitrogen functional groups attached to an aromatic ring is 1. The first-order valence-corrected chi connectivity index (χ1v) is 7.13. The lowest BCUT2D eigenvalue weighted by Crippen LogP contribution is -2.50. The predicted octanol–water partition coefficient (Wildman–Crippen LogP) is 1.46. The number of carbonyl (C=O) groups excluding carboxylic acids is 2. The highest BCUT2D eigenvalue weighted by Crippen LogP contribution is 2.13. The van der Waals surface area contributed by atoms with Gasteiger partial charge in [-0.05, 0) is 36.4 Å². The minimum absolute atomic E-state index is 0.0369. The van der Waals surface area contributed by atoms with Crippen molar-refractivity contribution in [2.24, 2.45) is 0 Å². The zero-order valence-electron chi connectivity index (χ0n) is 12.1. The molecule has 0 aliphatic carbocycles. The molecular weight excluding hydrogens is 282 g/mol. The summed E-state index contributed by atoms with van der Waals surface area (Å²) >= 11 is 0. The Hall–Kier alpha value is -2.76. The first-order chi connectivity index (χ1) is 10.6. The van der Waals surface area contributed by atoms with E-state index in [-0.39, 0.29) is 11.8 Å². The molecule has 0 radical (unpaired) electrons. The summed E-state index contributed by atoms with van der Waals surface area (Å²) < 4.78 is 5.12. The first-order valence-electron chi connectivity index (χ1n) is 7.13. The molecule has 0 unspecified atom stereocenters. The van der Waals surface area contributed by atoms with Gasteiger partial charge in [-0.1, -0.05) is 0 Å². The predicted molar refractivity (Wildman–Crippen MR) is 81.4 cm³/mol. The van der Waals surface area contributed by atoms with Crippen LogP contribution in [0.5, 0.6) is 0 Å². The molecule has 1 aliphatic heterocycles. The maximum Gasteiger partial charge on any atom is 0.289 e. The molecule has 114 valence electrons. The summed E-state index contributed by atoms with van der Waals surface area (Å²) in [6, 6.07) is 10.2. The molecule has 6 heteroatoms. The number of benzene rings is 1. The molecule has 0 bridgehead atoms. The highest BCUT2D eigenvalue weighted by molar-refractivity contribution is 5.95. The van der Waals surface area contributed by atoms with Gasteiger partial charge in [-0.3, -0.25) is 9.59 Å². The van der Waals surface area contributed by atoms with Crippen molar-refractivity contribution in [1.29, 1.82) is 0 Å². The minimum Gasteiger partial charge on any atom is -0.459 e. The van der Waals surface area contributed by atoms with Crippen LogP contribution in [0.25, 0.3) is 0 Å². The molecular formula is C16H17N3O3. The summed E-state index contributed by atoms with van der Waals surface area (Å²) in [6.45, 7) is 2.02. The van der Waals surface area contributed by atoms with E-state index >= 15 is 0 Å². The summed E-state index contributed by atoms with van der Waals surface area (Å²) in [5.74, 6) is 0.160. The zero-order valence-corrected chi connectivity index (χ0v) is 12.1. The Morgan fingerprint density at radius 1 is 0.909 bits per heavy atom. The molecule has 1 aliphatic rings. The Kier molecular flexibility index (Phi) is 3.82. The number of hydrogen-bond donors (Lipinski definition) is 1. The third-order valence-corrected chi connectivity index (χ3v) is 3.74. The molecule has 2 N–H and O–H groups in total. The van der Waals surface area contributed by atoms with Crippen molar-refractivity contribution < 1.29 is 14.0 Å². The van der Waals surface area contributed by atoms with Crippen molar-refractivity contribution in [1.82, 2.24) is 9.80 Å². The first kappa shape index (κ1) is 14.2. The lowest BCUT2D eigenvalue weighted by molar-refractivity contribution is 0.0518. The molecule has 2 heterocycles. The average molecular weight is 299 g/mol. The number of rotatable bonds is 2. The molecule has 2 amide bonds. The lowest BCUT2D eigenvalue weighted by Gasteiger charge is -2.34. The molecule has 22 heavy (non-hydrogen) atoms. The molecule has 1 aromatic heterocycles. The van der Waals surface area contributed by atoms with Crippen molar-refractivity contribution in [2.75, 3.05) is 31.9 Å². The van der Waals surface area contributed by atoms with E-state index in [1.807, 2.05) is 0 Å². The van der Waals surface area contributed by atoms with Crippen LogP contribution in [0.4, 0.5) is 5.69 Å². The van der Waals surface area contributed by atoms with Gasteiger partial charge in [-0.25, -0.2) is 0 Å². The van der Waals surface area contributed by atoms with E-state index < -0.39 is 0 Å². The largest absolute Gasteiger partial charge is 0.459 e. The van der Waals surface area contributed by atoms with Crippen molar-refractivity contribution in [3.63, 3.8) is 0 Å². The molecule has 0 saturated carbocycles. The molecule has 1 aromatic carbocycles. The third kappa shape index (κ3) is 2.81. The van der Waals surface area contributed by atoms with Gasteiger partial charge in [0.05, 0.1) is 6.26 Å². The number of carbonyl (C=O) groups is 2. The summed E-state index contributed by atoms with van der Waals surface area (Å²) in [5.41, 5.74) is 6.87. The number of piperazine rings is 1. The molecule has 1 saturated heterocycles. The van der Waals surface area contributed by atoms with Crippen LogP contribution in [-0.2, 0) is 0 Å². The normalized spacial score (nSPS) is 14.9. The van der Waals surface area contributed by atoms with Crippen LogP contribution >= 0.6 is 0 Å². The summed E-state index contributed by atoms with van der Waals surface area (Å²) in [4.78, 5) is 28.0. The maximum atomic E-state index is 12.4. The summed E-state index contributed by atoms with van der Waals surface area (Å²) in [6.07, 6.45) is 1.48. The van der Waals surface area contributed by atoms with E-state index in [0.29, 0.717) is 43.2 Å². The third-order valence-electron chi connectivity index (χ3n) is 3.74. The van der Waals surface area contributed by atoms with Gasteiger partial charge in [0.25, 0.3) is 11.8 Å². The second-order valence-electron chi connectivity index (χ2n) is 5.18. The SMILES string of the molecule is Nc1ccc(C(=O)N2CCN(C(=O)c3ccco3)CC2)cc1. The van der Waals surface area contributed by atoms with Gasteiger partial charge < -0.3 is 20.0 Å². The summed E-state index contributed by atoms with van der Waals surface area (Å²) in [5, 5.41) is 0. The second kappa shape index (κ2) is 5.93. The van der Waals surface area contributed by atoms with E-state index in [9.17, 15) is 9.59 Å².